The van der Waals surface area contributed by atoms with Crippen LogP contribution >= 0.6 is 0 Å². The van der Waals surface area contributed by atoms with Crippen molar-refractivity contribution < 1.29 is 19.0 Å². The number of nitrogens with one attached hydrogen (secondary N) is 1. The first-order valence-electron chi connectivity index (χ1n) is 8.58. The van der Waals surface area contributed by atoms with Gasteiger partial charge < -0.3 is 19.5 Å². The molecule has 0 aromatic heterocycles. The molecule has 0 heterocycles. The fraction of sp³-hybridized carbons (Fsp3) is 0.238. The predicted octanol–water partition coefficient (Wildman–Crippen LogP) is 4.04. The Labute approximate surface area is 159 Å². The van der Waals surface area contributed by atoms with Gasteiger partial charge in [-0.25, -0.2) is 0 Å². The number of nitriles is 1. The first kappa shape index (κ1) is 19.9. The molecule has 0 aliphatic carbocycles. The lowest BCUT2D eigenvalue weighted by Gasteiger charge is -2.11. The van der Waals surface area contributed by atoms with Gasteiger partial charge in [0.15, 0.2) is 11.5 Å². The summed E-state index contributed by atoms with van der Waals surface area (Å²) in [5, 5.41) is 12.1. The van der Waals surface area contributed by atoms with E-state index in [4.69, 9.17) is 14.2 Å². The van der Waals surface area contributed by atoms with Gasteiger partial charge in [-0.05, 0) is 49.8 Å². The number of nitrogens with zero attached hydrogens (tertiary/aromatic N) is 1. The van der Waals surface area contributed by atoms with Crippen molar-refractivity contribution in [2.45, 2.75) is 13.8 Å². The highest BCUT2D eigenvalue weighted by molar-refractivity contribution is 6.10. The van der Waals surface area contributed by atoms with E-state index in [0.717, 1.165) is 0 Å². The molecular weight excluding hydrogens is 344 g/mol. The summed E-state index contributed by atoms with van der Waals surface area (Å²) < 4.78 is 16.3. The van der Waals surface area contributed by atoms with E-state index >= 15 is 0 Å². The molecule has 2 rings (SSSR count). The quantitative estimate of drug-likeness (QED) is 0.563. The van der Waals surface area contributed by atoms with Gasteiger partial charge in [-0.1, -0.05) is 18.2 Å². The van der Waals surface area contributed by atoms with E-state index in [0.29, 0.717) is 41.7 Å². The molecule has 0 fully saturated rings. The van der Waals surface area contributed by atoms with E-state index in [2.05, 4.69) is 5.32 Å². The molecule has 6 heteroatoms. The average molecular weight is 366 g/mol. The van der Waals surface area contributed by atoms with E-state index < -0.39 is 5.91 Å². The number of carbonyl (C=O) groups is 1. The van der Waals surface area contributed by atoms with Crippen LogP contribution in [0.4, 0.5) is 5.69 Å². The Balaban J connectivity index is 2.26. The monoisotopic (exact) mass is 366 g/mol. The van der Waals surface area contributed by atoms with Gasteiger partial charge in [0.25, 0.3) is 5.91 Å². The molecule has 1 amide bonds. The molecule has 2 aromatic carbocycles. The van der Waals surface area contributed by atoms with E-state index in [1.54, 1.807) is 36.4 Å². The van der Waals surface area contributed by atoms with Gasteiger partial charge in [0.2, 0.25) is 0 Å². The second-order valence-corrected chi connectivity index (χ2v) is 5.40. The number of hydrogen-bond acceptors (Lipinski definition) is 5. The fourth-order valence-electron chi connectivity index (χ4n) is 2.40. The lowest BCUT2D eigenvalue weighted by molar-refractivity contribution is -0.112. The van der Waals surface area contributed by atoms with Crippen molar-refractivity contribution in [2.24, 2.45) is 0 Å². The minimum absolute atomic E-state index is 0.0347. The summed E-state index contributed by atoms with van der Waals surface area (Å²) in [7, 11) is 1.54. The number of carbonyl (C=O) groups excluding carboxylic acids is 1. The highest BCUT2D eigenvalue weighted by Gasteiger charge is 2.13. The molecule has 0 saturated heterocycles. The van der Waals surface area contributed by atoms with Crippen LogP contribution in [0.2, 0.25) is 0 Å². The molecule has 1 N–H and O–H groups in total. The van der Waals surface area contributed by atoms with Gasteiger partial charge in [-0.3, -0.25) is 4.79 Å². The number of para-hydroxylation sites is 2. The number of ether oxygens (including phenoxy) is 3. The van der Waals surface area contributed by atoms with Crippen LogP contribution in [0.1, 0.15) is 19.4 Å². The lowest BCUT2D eigenvalue weighted by atomic mass is 10.1. The van der Waals surface area contributed by atoms with Crippen molar-refractivity contribution >= 4 is 17.7 Å². The summed E-state index contributed by atoms with van der Waals surface area (Å²) in [5.41, 5.74) is 1.13. The van der Waals surface area contributed by atoms with Crippen molar-refractivity contribution in [1.29, 1.82) is 5.26 Å². The highest BCUT2D eigenvalue weighted by atomic mass is 16.5. The third kappa shape index (κ3) is 5.25. The maximum absolute atomic E-state index is 12.5. The van der Waals surface area contributed by atoms with E-state index in [1.165, 1.54) is 13.2 Å². The smallest absolute Gasteiger partial charge is 0.266 e. The molecule has 0 atom stereocenters. The van der Waals surface area contributed by atoms with E-state index in [-0.39, 0.29) is 5.57 Å². The van der Waals surface area contributed by atoms with Crippen LogP contribution in [0, 0.1) is 11.3 Å². The Hall–Kier alpha value is -3.46. The Kier molecular flexibility index (Phi) is 7.26. The van der Waals surface area contributed by atoms with E-state index in [1.807, 2.05) is 26.0 Å². The SMILES string of the molecule is CCOc1ccccc1NC(=O)/C(C#N)=C/c1ccc(OCC)c(OC)c1. The molecule has 140 valence electrons. The zero-order chi connectivity index (χ0) is 19.6. The van der Waals surface area contributed by atoms with Gasteiger partial charge in [0.1, 0.15) is 17.4 Å². The number of anilines is 1. The predicted molar refractivity (Wildman–Crippen MR) is 104 cm³/mol. The molecule has 0 bridgehead atoms. The first-order valence-corrected chi connectivity index (χ1v) is 8.58. The summed E-state index contributed by atoms with van der Waals surface area (Å²) in [6, 6.07) is 14.2. The zero-order valence-electron chi connectivity index (χ0n) is 15.6. The molecule has 27 heavy (non-hydrogen) atoms. The van der Waals surface area contributed by atoms with Crippen LogP contribution in [0.3, 0.4) is 0 Å². The highest BCUT2D eigenvalue weighted by Crippen LogP contribution is 2.29. The summed E-state index contributed by atoms with van der Waals surface area (Å²) in [6.07, 6.45) is 1.50. The lowest BCUT2D eigenvalue weighted by Crippen LogP contribution is -2.14. The molecule has 2 aromatic rings. The van der Waals surface area contributed by atoms with Gasteiger partial charge in [-0.15, -0.1) is 0 Å². The molecule has 0 aliphatic heterocycles. The Morgan fingerprint density at radius 2 is 1.78 bits per heavy atom. The molecule has 6 nitrogen and oxygen atoms in total. The molecular formula is C21H22N2O4. The van der Waals surface area contributed by atoms with Crippen molar-refractivity contribution in [3.63, 3.8) is 0 Å². The van der Waals surface area contributed by atoms with Gasteiger partial charge in [0, 0.05) is 0 Å². The Morgan fingerprint density at radius 3 is 2.44 bits per heavy atom. The van der Waals surface area contributed by atoms with Crippen molar-refractivity contribution in [3.05, 3.63) is 53.6 Å². The average Bonchev–Trinajstić information content (AvgIpc) is 2.68. The van der Waals surface area contributed by atoms with Crippen LogP contribution < -0.4 is 19.5 Å². The molecule has 0 aliphatic rings. The molecule has 0 saturated carbocycles. The summed E-state index contributed by atoms with van der Waals surface area (Å²) >= 11 is 0. The minimum atomic E-state index is -0.516. The molecule has 0 spiro atoms. The summed E-state index contributed by atoms with van der Waals surface area (Å²) in [4.78, 5) is 12.5. The number of hydrogen-bond donors (Lipinski definition) is 1. The van der Waals surface area contributed by atoms with Crippen LogP contribution in [0.25, 0.3) is 6.08 Å². The molecule has 0 radical (unpaired) electrons. The van der Waals surface area contributed by atoms with Crippen molar-refractivity contribution in [3.8, 4) is 23.3 Å². The van der Waals surface area contributed by atoms with Crippen LogP contribution in [0.15, 0.2) is 48.0 Å². The van der Waals surface area contributed by atoms with E-state index in [9.17, 15) is 10.1 Å². The van der Waals surface area contributed by atoms with Gasteiger partial charge in [-0.2, -0.15) is 5.26 Å². The number of benzene rings is 2. The maximum Gasteiger partial charge on any atom is 0.266 e. The van der Waals surface area contributed by atoms with Crippen LogP contribution in [-0.4, -0.2) is 26.2 Å². The minimum Gasteiger partial charge on any atom is -0.493 e. The fourth-order valence-corrected chi connectivity index (χ4v) is 2.40. The van der Waals surface area contributed by atoms with Crippen molar-refractivity contribution in [2.75, 3.05) is 25.6 Å². The van der Waals surface area contributed by atoms with Gasteiger partial charge in [0.05, 0.1) is 26.0 Å². The number of amides is 1. The van der Waals surface area contributed by atoms with Crippen LogP contribution in [0.5, 0.6) is 17.2 Å². The van der Waals surface area contributed by atoms with Gasteiger partial charge >= 0.3 is 0 Å². The van der Waals surface area contributed by atoms with Crippen LogP contribution in [-0.2, 0) is 4.79 Å². The second kappa shape index (κ2) is 9.88. The Bertz CT molecular complexity index is 869. The second-order valence-electron chi connectivity index (χ2n) is 5.40. The summed E-state index contributed by atoms with van der Waals surface area (Å²) in [6.45, 7) is 4.72. The largest absolute Gasteiger partial charge is 0.493 e. The normalized spacial score (nSPS) is 10.7. The third-order valence-electron chi connectivity index (χ3n) is 3.60. The maximum atomic E-state index is 12.5. The zero-order valence-corrected chi connectivity index (χ0v) is 15.6. The standard InChI is InChI=1S/C21H22N2O4/c1-4-26-18-9-7-6-8-17(18)23-21(24)16(14-22)12-15-10-11-19(27-5-2)20(13-15)25-3/h6-13H,4-5H2,1-3H3,(H,23,24)/b16-12+. The number of methoxy groups -OCH3 is 1. The van der Waals surface area contributed by atoms with Crippen molar-refractivity contribution in [1.82, 2.24) is 0 Å². The number of rotatable bonds is 8. The summed E-state index contributed by atoms with van der Waals surface area (Å²) in [5.74, 6) is 1.17. The Morgan fingerprint density at radius 1 is 1.07 bits per heavy atom. The topological polar surface area (TPSA) is 80.6 Å². The third-order valence-corrected chi connectivity index (χ3v) is 3.60. The first-order chi connectivity index (χ1) is 13.1. The molecule has 0 unspecified atom stereocenters.